The first-order chi connectivity index (χ1) is 28.1. The van der Waals surface area contributed by atoms with E-state index in [2.05, 4.69) is 143 Å². The van der Waals surface area contributed by atoms with Crippen molar-refractivity contribution in [3.8, 4) is 11.1 Å². The van der Waals surface area contributed by atoms with Crippen LogP contribution in [0.15, 0.2) is 218 Å². The number of halogens is 2. The summed E-state index contributed by atoms with van der Waals surface area (Å²) in [5.74, 6) is -0.564. The fourth-order valence-corrected chi connectivity index (χ4v) is 8.85. The fourth-order valence-electron chi connectivity index (χ4n) is 8.85. The zero-order chi connectivity index (χ0) is 38.3. The minimum absolute atomic E-state index is 0.281. The van der Waals surface area contributed by atoms with Gasteiger partial charge in [0.1, 0.15) is 11.6 Å². The largest absolute Gasteiger partial charge is 0.310 e. The lowest BCUT2D eigenvalue weighted by molar-refractivity contribution is 0.627. The molecule has 57 heavy (non-hydrogen) atoms. The van der Waals surface area contributed by atoms with Gasteiger partial charge in [-0.3, -0.25) is 0 Å². The highest BCUT2D eigenvalue weighted by Crippen LogP contribution is 2.60. The maximum Gasteiger partial charge on any atom is 0.123 e. The molecule has 2 nitrogen and oxygen atoms in total. The minimum atomic E-state index is -0.752. The summed E-state index contributed by atoms with van der Waals surface area (Å²) in [6, 6.07) is 73.3. The van der Waals surface area contributed by atoms with Gasteiger partial charge in [0.25, 0.3) is 0 Å². The van der Waals surface area contributed by atoms with Gasteiger partial charge in [-0.15, -0.1) is 0 Å². The standard InChI is InChI=1S/C53H36F2N2/c54-39-25-29-43(30-26-39)56(41-19-9-3-10-20-41)45-33-34-48-49(35-45)53(37-15-5-1-6-16-37,38-17-7-2-8-18-38)50-36-51(46-23-13-14-24-47(46)52(48)50)57(42-21-11-4-12-22-42)44-31-27-40(55)28-32-44/h1-36H. The van der Waals surface area contributed by atoms with Gasteiger partial charge in [-0.05, 0) is 130 Å². The molecule has 0 radical (unpaired) electrons. The number of hydrogen-bond acceptors (Lipinski definition) is 2. The summed E-state index contributed by atoms with van der Waals surface area (Å²) >= 11 is 0. The smallest absolute Gasteiger partial charge is 0.123 e. The minimum Gasteiger partial charge on any atom is -0.310 e. The third kappa shape index (κ3) is 5.68. The lowest BCUT2D eigenvalue weighted by atomic mass is 9.67. The number of anilines is 6. The Morgan fingerprint density at radius 1 is 0.333 bits per heavy atom. The maximum atomic E-state index is 14.5. The molecule has 1 aliphatic rings. The predicted molar refractivity (Wildman–Crippen MR) is 231 cm³/mol. The van der Waals surface area contributed by atoms with Crippen LogP contribution in [0.5, 0.6) is 0 Å². The van der Waals surface area contributed by atoms with E-state index in [1.165, 1.54) is 29.8 Å². The molecule has 0 bridgehead atoms. The molecule has 1 aliphatic carbocycles. The summed E-state index contributed by atoms with van der Waals surface area (Å²) in [7, 11) is 0. The molecule has 0 amide bonds. The van der Waals surface area contributed by atoms with E-state index in [1.54, 1.807) is 0 Å². The molecule has 0 heterocycles. The summed E-state index contributed by atoms with van der Waals surface area (Å²) in [5, 5.41) is 2.20. The van der Waals surface area contributed by atoms with Crippen LogP contribution in [0, 0.1) is 11.6 Å². The Balaban J connectivity index is 1.33. The Bertz CT molecular complexity index is 2800. The van der Waals surface area contributed by atoms with E-state index in [0.29, 0.717) is 0 Å². The highest BCUT2D eigenvalue weighted by molar-refractivity contribution is 6.11. The third-order valence-electron chi connectivity index (χ3n) is 11.2. The average molecular weight is 739 g/mol. The molecule has 0 saturated carbocycles. The van der Waals surface area contributed by atoms with Gasteiger partial charge in [-0.25, -0.2) is 8.78 Å². The van der Waals surface area contributed by atoms with Crippen molar-refractivity contribution in [2.45, 2.75) is 5.41 Å². The molecule has 272 valence electrons. The number of nitrogens with zero attached hydrogens (tertiary/aromatic N) is 2. The van der Waals surface area contributed by atoms with Crippen molar-refractivity contribution in [1.29, 1.82) is 0 Å². The van der Waals surface area contributed by atoms with Crippen molar-refractivity contribution in [2.75, 3.05) is 9.80 Å². The van der Waals surface area contributed by atoms with E-state index in [4.69, 9.17) is 0 Å². The van der Waals surface area contributed by atoms with E-state index in [9.17, 15) is 8.78 Å². The topological polar surface area (TPSA) is 6.48 Å². The first kappa shape index (κ1) is 34.2. The van der Waals surface area contributed by atoms with Crippen LogP contribution >= 0.6 is 0 Å². The molecule has 9 aromatic carbocycles. The molecule has 0 aromatic heterocycles. The van der Waals surface area contributed by atoms with E-state index >= 15 is 0 Å². The van der Waals surface area contributed by atoms with Gasteiger partial charge < -0.3 is 9.80 Å². The summed E-state index contributed by atoms with van der Waals surface area (Å²) in [6.07, 6.45) is 0. The molecule has 10 rings (SSSR count). The van der Waals surface area contributed by atoms with Crippen molar-refractivity contribution >= 4 is 44.9 Å². The van der Waals surface area contributed by atoms with Crippen molar-refractivity contribution in [3.63, 3.8) is 0 Å². The van der Waals surface area contributed by atoms with Gasteiger partial charge in [0.2, 0.25) is 0 Å². The second kappa shape index (κ2) is 14.1. The van der Waals surface area contributed by atoms with Crippen LogP contribution in [0.3, 0.4) is 0 Å². The van der Waals surface area contributed by atoms with Gasteiger partial charge in [-0.1, -0.05) is 127 Å². The number of hydrogen-bond donors (Lipinski definition) is 0. The summed E-state index contributed by atoms with van der Waals surface area (Å²) < 4.78 is 28.9. The van der Waals surface area contributed by atoms with Crippen LogP contribution in [-0.2, 0) is 5.41 Å². The molecule has 0 atom stereocenters. The van der Waals surface area contributed by atoms with Gasteiger partial charge >= 0.3 is 0 Å². The van der Waals surface area contributed by atoms with Crippen molar-refractivity contribution in [1.82, 2.24) is 0 Å². The first-order valence-electron chi connectivity index (χ1n) is 19.1. The third-order valence-corrected chi connectivity index (χ3v) is 11.2. The lowest BCUT2D eigenvalue weighted by Gasteiger charge is -2.36. The Hall–Kier alpha value is -7.30. The quantitative estimate of drug-likeness (QED) is 0.153. The van der Waals surface area contributed by atoms with E-state index in [0.717, 1.165) is 72.7 Å². The molecule has 0 aliphatic heterocycles. The first-order valence-corrected chi connectivity index (χ1v) is 19.1. The molecule has 4 heteroatoms. The van der Waals surface area contributed by atoms with Crippen LogP contribution in [-0.4, -0.2) is 0 Å². The number of para-hydroxylation sites is 2. The monoisotopic (exact) mass is 738 g/mol. The SMILES string of the molecule is Fc1ccc(N(c2ccccc2)c2ccc3c(c2)C(c2ccccc2)(c2ccccc2)c2cc(N(c4ccccc4)c4ccc(F)cc4)c4ccccc4c2-3)cc1. The van der Waals surface area contributed by atoms with Crippen LogP contribution in [0.25, 0.3) is 21.9 Å². The maximum absolute atomic E-state index is 14.5. The molecule has 0 saturated heterocycles. The van der Waals surface area contributed by atoms with Crippen LogP contribution < -0.4 is 9.80 Å². The number of benzene rings is 9. The average Bonchev–Trinajstić information content (AvgIpc) is 3.57. The van der Waals surface area contributed by atoms with Crippen molar-refractivity contribution < 1.29 is 8.78 Å². The molecule has 0 unspecified atom stereocenters. The molecular formula is C53H36F2N2. The predicted octanol–water partition coefficient (Wildman–Crippen LogP) is 14.4. The van der Waals surface area contributed by atoms with E-state index in [1.807, 2.05) is 60.7 Å². The van der Waals surface area contributed by atoms with Gasteiger partial charge in [-0.2, -0.15) is 0 Å². The second-order valence-corrected chi connectivity index (χ2v) is 14.4. The highest BCUT2D eigenvalue weighted by atomic mass is 19.1. The summed E-state index contributed by atoms with van der Waals surface area (Å²) in [4.78, 5) is 4.43. The van der Waals surface area contributed by atoms with E-state index < -0.39 is 5.41 Å². The van der Waals surface area contributed by atoms with Crippen LogP contribution in [0.1, 0.15) is 22.3 Å². The Morgan fingerprint density at radius 3 is 1.30 bits per heavy atom. The van der Waals surface area contributed by atoms with Gasteiger partial charge in [0, 0.05) is 33.8 Å². The zero-order valence-corrected chi connectivity index (χ0v) is 30.9. The Labute approximate surface area is 331 Å². The fraction of sp³-hybridized carbons (Fsp3) is 0.0189. The number of fused-ring (bicyclic) bond motifs is 5. The Morgan fingerprint density at radius 2 is 0.754 bits per heavy atom. The molecule has 0 fully saturated rings. The normalized spacial score (nSPS) is 12.5. The lowest BCUT2D eigenvalue weighted by Crippen LogP contribution is -2.29. The molecule has 9 aromatic rings. The molecule has 0 N–H and O–H groups in total. The second-order valence-electron chi connectivity index (χ2n) is 14.4. The Kier molecular flexibility index (Phi) is 8.45. The van der Waals surface area contributed by atoms with Gasteiger partial charge in [0.05, 0.1) is 11.1 Å². The van der Waals surface area contributed by atoms with Crippen molar-refractivity contribution in [2.24, 2.45) is 0 Å². The highest BCUT2D eigenvalue weighted by Gasteiger charge is 2.48. The van der Waals surface area contributed by atoms with E-state index in [-0.39, 0.29) is 11.6 Å². The van der Waals surface area contributed by atoms with Crippen LogP contribution in [0.2, 0.25) is 0 Å². The zero-order valence-electron chi connectivity index (χ0n) is 30.9. The molecular weight excluding hydrogens is 703 g/mol. The number of rotatable bonds is 8. The molecule has 0 spiro atoms. The van der Waals surface area contributed by atoms with Gasteiger partial charge in [0.15, 0.2) is 0 Å². The summed E-state index contributed by atoms with van der Waals surface area (Å²) in [6.45, 7) is 0. The van der Waals surface area contributed by atoms with Crippen LogP contribution in [0.4, 0.5) is 42.9 Å². The van der Waals surface area contributed by atoms with Crippen molar-refractivity contribution in [3.05, 3.63) is 252 Å². The summed E-state index contributed by atoms with van der Waals surface area (Å²) in [5.41, 5.74) is 11.7.